The Morgan fingerprint density at radius 1 is 1.17 bits per heavy atom. The van der Waals surface area contributed by atoms with Crippen molar-refractivity contribution in [2.45, 2.75) is 11.4 Å². The Hall–Kier alpha value is -2.38. The van der Waals surface area contributed by atoms with E-state index < -0.39 is 10.0 Å². The van der Waals surface area contributed by atoms with Crippen molar-refractivity contribution in [1.82, 2.24) is 14.3 Å². The number of imidazole rings is 1. The van der Waals surface area contributed by atoms with Crippen molar-refractivity contribution < 1.29 is 13.2 Å². The average molecular weight is 331 g/mol. The molecule has 1 N–H and O–H groups in total. The topological polar surface area (TPSA) is 73.2 Å². The van der Waals surface area contributed by atoms with Crippen LogP contribution in [0.4, 0.5) is 0 Å². The van der Waals surface area contributed by atoms with Gasteiger partial charge >= 0.3 is 0 Å². The van der Waals surface area contributed by atoms with Gasteiger partial charge in [-0.05, 0) is 35.9 Å². The molecule has 0 aliphatic rings. The van der Waals surface area contributed by atoms with Crippen molar-refractivity contribution >= 4 is 21.1 Å². The average Bonchev–Trinajstić information content (AvgIpc) is 2.94. The van der Waals surface area contributed by atoms with Crippen LogP contribution in [0.1, 0.15) is 5.56 Å². The molecule has 3 rings (SSSR count). The maximum Gasteiger partial charge on any atom is 0.240 e. The number of benzene rings is 2. The molecule has 120 valence electrons. The molecule has 1 heterocycles. The SMILES string of the molecule is COc1ccc(CNS(=O)(=O)c2ccc3c(c2)ncn3C)cc1. The fourth-order valence-corrected chi connectivity index (χ4v) is 3.33. The summed E-state index contributed by atoms with van der Waals surface area (Å²) in [6.07, 6.45) is 1.66. The summed E-state index contributed by atoms with van der Waals surface area (Å²) in [7, 11) is -0.132. The standard InChI is InChI=1S/C16H17N3O3S/c1-19-11-17-15-9-14(7-8-16(15)19)23(20,21)18-10-12-3-5-13(22-2)6-4-12/h3-9,11,18H,10H2,1-2H3. The highest BCUT2D eigenvalue weighted by atomic mass is 32.2. The second-order valence-corrected chi connectivity index (χ2v) is 6.95. The zero-order valence-electron chi connectivity index (χ0n) is 12.9. The minimum Gasteiger partial charge on any atom is -0.497 e. The van der Waals surface area contributed by atoms with E-state index in [9.17, 15) is 8.42 Å². The Morgan fingerprint density at radius 3 is 2.61 bits per heavy atom. The van der Waals surface area contributed by atoms with Gasteiger partial charge in [-0.2, -0.15) is 0 Å². The summed E-state index contributed by atoms with van der Waals surface area (Å²) >= 11 is 0. The number of sulfonamides is 1. The Labute approximate surface area is 134 Å². The van der Waals surface area contributed by atoms with Crippen LogP contribution in [-0.2, 0) is 23.6 Å². The van der Waals surface area contributed by atoms with E-state index >= 15 is 0 Å². The summed E-state index contributed by atoms with van der Waals surface area (Å²) in [4.78, 5) is 4.39. The predicted molar refractivity (Wildman–Crippen MR) is 87.7 cm³/mol. The molecule has 23 heavy (non-hydrogen) atoms. The monoisotopic (exact) mass is 331 g/mol. The molecule has 0 unspecified atom stereocenters. The predicted octanol–water partition coefficient (Wildman–Crippen LogP) is 2.06. The van der Waals surface area contributed by atoms with Crippen molar-refractivity contribution in [3.05, 3.63) is 54.4 Å². The number of aryl methyl sites for hydroxylation is 1. The molecular formula is C16H17N3O3S. The minimum atomic E-state index is -3.59. The molecule has 2 aromatic carbocycles. The van der Waals surface area contributed by atoms with E-state index in [2.05, 4.69) is 9.71 Å². The van der Waals surface area contributed by atoms with Crippen LogP contribution in [0.15, 0.2) is 53.7 Å². The lowest BCUT2D eigenvalue weighted by Gasteiger charge is -2.08. The highest BCUT2D eigenvalue weighted by Crippen LogP contribution is 2.18. The molecule has 0 aliphatic heterocycles. The maximum atomic E-state index is 12.4. The van der Waals surface area contributed by atoms with E-state index in [1.807, 2.05) is 23.7 Å². The molecular weight excluding hydrogens is 314 g/mol. The minimum absolute atomic E-state index is 0.206. The van der Waals surface area contributed by atoms with E-state index in [-0.39, 0.29) is 11.4 Å². The second kappa shape index (κ2) is 6.02. The third-order valence-electron chi connectivity index (χ3n) is 3.63. The lowest BCUT2D eigenvalue weighted by atomic mass is 10.2. The summed E-state index contributed by atoms with van der Waals surface area (Å²) < 4.78 is 34.3. The highest BCUT2D eigenvalue weighted by Gasteiger charge is 2.15. The lowest BCUT2D eigenvalue weighted by Crippen LogP contribution is -2.23. The molecule has 0 fully saturated rings. The molecule has 0 bridgehead atoms. The first-order chi connectivity index (χ1) is 11.0. The normalized spacial score (nSPS) is 11.7. The van der Waals surface area contributed by atoms with Crippen molar-refractivity contribution in [1.29, 1.82) is 0 Å². The maximum absolute atomic E-state index is 12.4. The van der Waals surface area contributed by atoms with Crippen LogP contribution in [0.25, 0.3) is 11.0 Å². The number of hydrogen-bond donors (Lipinski definition) is 1. The molecule has 6 nitrogen and oxygen atoms in total. The molecule has 0 aliphatic carbocycles. The van der Waals surface area contributed by atoms with Gasteiger partial charge in [0.1, 0.15) is 5.75 Å². The van der Waals surface area contributed by atoms with Gasteiger partial charge in [0, 0.05) is 13.6 Å². The summed E-state index contributed by atoms with van der Waals surface area (Å²) in [5, 5.41) is 0. The summed E-state index contributed by atoms with van der Waals surface area (Å²) in [5.74, 6) is 0.734. The van der Waals surface area contributed by atoms with Crippen LogP contribution in [-0.4, -0.2) is 25.1 Å². The first kappa shape index (κ1) is 15.5. The molecule has 1 aromatic heterocycles. The zero-order valence-corrected chi connectivity index (χ0v) is 13.7. The number of rotatable bonds is 5. The summed E-state index contributed by atoms with van der Waals surface area (Å²) in [6, 6.07) is 12.1. The zero-order chi connectivity index (χ0) is 16.4. The van der Waals surface area contributed by atoms with Crippen LogP contribution in [0, 0.1) is 0 Å². The number of ether oxygens (including phenoxy) is 1. The third-order valence-corrected chi connectivity index (χ3v) is 5.03. The van der Waals surface area contributed by atoms with E-state index in [4.69, 9.17) is 4.74 Å². The molecule has 0 amide bonds. The first-order valence-electron chi connectivity index (χ1n) is 7.03. The Balaban J connectivity index is 1.79. The van der Waals surface area contributed by atoms with Gasteiger partial charge in [0.15, 0.2) is 0 Å². The van der Waals surface area contributed by atoms with Crippen molar-refractivity contribution in [3.63, 3.8) is 0 Å². The van der Waals surface area contributed by atoms with Gasteiger partial charge in [0.2, 0.25) is 10.0 Å². The van der Waals surface area contributed by atoms with Gasteiger partial charge in [-0.1, -0.05) is 12.1 Å². The molecule has 7 heteroatoms. The molecule has 0 radical (unpaired) electrons. The first-order valence-corrected chi connectivity index (χ1v) is 8.51. The van der Waals surface area contributed by atoms with E-state index in [0.29, 0.717) is 5.52 Å². The van der Waals surface area contributed by atoms with Crippen LogP contribution in [0.5, 0.6) is 5.75 Å². The van der Waals surface area contributed by atoms with Gasteiger partial charge in [0.05, 0.1) is 29.4 Å². The van der Waals surface area contributed by atoms with Gasteiger partial charge < -0.3 is 9.30 Å². The third kappa shape index (κ3) is 3.20. The van der Waals surface area contributed by atoms with Crippen molar-refractivity contribution in [2.24, 2.45) is 7.05 Å². The van der Waals surface area contributed by atoms with Gasteiger partial charge in [-0.25, -0.2) is 18.1 Å². The van der Waals surface area contributed by atoms with Crippen molar-refractivity contribution in [3.8, 4) is 5.75 Å². The van der Waals surface area contributed by atoms with Gasteiger partial charge in [0.25, 0.3) is 0 Å². The number of aromatic nitrogens is 2. The fourth-order valence-electron chi connectivity index (χ4n) is 2.29. The van der Waals surface area contributed by atoms with E-state index in [1.165, 1.54) is 0 Å². The summed E-state index contributed by atoms with van der Waals surface area (Å²) in [6.45, 7) is 0.215. The van der Waals surface area contributed by atoms with Gasteiger partial charge in [-0.15, -0.1) is 0 Å². The van der Waals surface area contributed by atoms with E-state index in [1.54, 1.807) is 43.8 Å². The highest BCUT2D eigenvalue weighted by molar-refractivity contribution is 7.89. The van der Waals surface area contributed by atoms with E-state index in [0.717, 1.165) is 16.8 Å². The molecule has 3 aromatic rings. The Kier molecular flexibility index (Phi) is 4.06. The lowest BCUT2D eigenvalue weighted by molar-refractivity contribution is 0.414. The number of hydrogen-bond acceptors (Lipinski definition) is 4. The number of fused-ring (bicyclic) bond motifs is 1. The van der Waals surface area contributed by atoms with Crippen molar-refractivity contribution in [2.75, 3.05) is 7.11 Å². The Morgan fingerprint density at radius 2 is 1.91 bits per heavy atom. The number of nitrogens with one attached hydrogen (secondary N) is 1. The second-order valence-electron chi connectivity index (χ2n) is 5.18. The van der Waals surface area contributed by atoms with Gasteiger partial charge in [-0.3, -0.25) is 0 Å². The molecule has 0 saturated carbocycles. The number of nitrogens with zero attached hydrogens (tertiary/aromatic N) is 2. The quantitative estimate of drug-likeness (QED) is 0.777. The smallest absolute Gasteiger partial charge is 0.240 e. The molecule has 0 spiro atoms. The number of methoxy groups -OCH3 is 1. The van der Waals surface area contributed by atoms with Crippen LogP contribution < -0.4 is 9.46 Å². The molecule has 0 atom stereocenters. The summed E-state index contributed by atoms with van der Waals surface area (Å²) in [5.41, 5.74) is 2.40. The fraction of sp³-hybridized carbons (Fsp3) is 0.188. The van der Waals surface area contributed by atoms with Crippen LogP contribution >= 0.6 is 0 Å². The largest absolute Gasteiger partial charge is 0.497 e. The van der Waals surface area contributed by atoms with Crippen LogP contribution in [0.3, 0.4) is 0 Å². The Bertz CT molecular complexity index is 931. The molecule has 0 saturated heterocycles. The van der Waals surface area contributed by atoms with Crippen LogP contribution in [0.2, 0.25) is 0 Å².